The summed E-state index contributed by atoms with van der Waals surface area (Å²) < 4.78 is 28.3. The number of nitrogens with zero attached hydrogens (tertiary/aromatic N) is 4. The van der Waals surface area contributed by atoms with E-state index in [-0.39, 0.29) is 18.0 Å². The van der Waals surface area contributed by atoms with Crippen molar-refractivity contribution in [3.8, 4) is 23.0 Å². The average molecular weight is 486 g/mol. The summed E-state index contributed by atoms with van der Waals surface area (Å²) in [5.41, 5.74) is 3.68. The van der Waals surface area contributed by atoms with Crippen molar-refractivity contribution < 1.29 is 13.2 Å². The van der Waals surface area contributed by atoms with Crippen molar-refractivity contribution in [3.05, 3.63) is 102 Å². The standard InChI is InChI=1S/C26H23N5O3S/c1-30(35(33,34)24-14-12-20(16-27)13-15-24)19-25(32)28-17-22-18-31(23-10-6-3-7-11-23)29-26(22)21-8-4-2-5-9-21/h2-15,18H,17,19H2,1H3,(H,28,32). The Balaban J connectivity index is 1.49. The molecule has 0 bridgehead atoms. The third-order valence-electron chi connectivity index (χ3n) is 5.39. The smallest absolute Gasteiger partial charge is 0.243 e. The van der Waals surface area contributed by atoms with E-state index in [1.54, 1.807) is 4.68 Å². The summed E-state index contributed by atoms with van der Waals surface area (Å²) in [6.45, 7) is -0.170. The van der Waals surface area contributed by atoms with Gasteiger partial charge >= 0.3 is 0 Å². The Kier molecular flexibility index (Phi) is 7.06. The van der Waals surface area contributed by atoms with E-state index in [0.29, 0.717) is 5.56 Å². The van der Waals surface area contributed by atoms with E-state index in [4.69, 9.17) is 10.4 Å². The molecule has 1 N–H and O–H groups in total. The molecule has 0 saturated carbocycles. The number of aromatic nitrogens is 2. The molecule has 0 unspecified atom stereocenters. The highest BCUT2D eigenvalue weighted by Gasteiger charge is 2.23. The fourth-order valence-corrected chi connectivity index (χ4v) is 4.64. The fourth-order valence-electron chi connectivity index (χ4n) is 3.51. The third kappa shape index (κ3) is 5.46. The molecule has 1 heterocycles. The van der Waals surface area contributed by atoms with Crippen molar-refractivity contribution in [1.29, 1.82) is 5.26 Å². The van der Waals surface area contributed by atoms with Crippen LogP contribution in [0.3, 0.4) is 0 Å². The predicted octanol–water partition coefficient (Wildman–Crippen LogP) is 3.35. The van der Waals surface area contributed by atoms with E-state index >= 15 is 0 Å². The van der Waals surface area contributed by atoms with Crippen LogP contribution in [0.15, 0.2) is 96.0 Å². The molecule has 9 heteroatoms. The first-order chi connectivity index (χ1) is 16.9. The molecule has 0 aliphatic carbocycles. The zero-order chi connectivity index (χ0) is 24.8. The van der Waals surface area contributed by atoms with Gasteiger partial charge in [-0.15, -0.1) is 0 Å². The number of hydrogen-bond donors (Lipinski definition) is 1. The summed E-state index contributed by atoms with van der Waals surface area (Å²) in [5.74, 6) is -0.448. The van der Waals surface area contributed by atoms with E-state index in [9.17, 15) is 13.2 Å². The second-order valence-electron chi connectivity index (χ2n) is 7.82. The first-order valence-electron chi connectivity index (χ1n) is 10.8. The molecule has 0 fully saturated rings. The minimum absolute atomic E-state index is 0.0160. The van der Waals surface area contributed by atoms with Crippen molar-refractivity contribution in [1.82, 2.24) is 19.4 Å². The summed E-state index contributed by atoms with van der Waals surface area (Å²) in [5, 5.41) is 16.4. The monoisotopic (exact) mass is 485 g/mol. The van der Waals surface area contributed by atoms with Gasteiger partial charge in [0.25, 0.3) is 0 Å². The number of likely N-dealkylation sites (N-methyl/N-ethyl adjacent to an activating group) is 1. The van der Waals surface area contributed by atoms with Crippen LogP contribution in [0.25, 0.3) is 16.9 Å². The Bertz CT molecular complexity index is 1460. The molecule has 0 radical (unpaired) electrons. The fraction of sp³-hybridized carbons (Fsp3) is 0.115. The van der Waals surface area contributed by atoms with Crippen molar-refractivity contribution in [2.75, 3.05) is 13.6 Å². The van der Waals surface area contributed by atoms with E-state index in [1.807, 2.05) is 72.9 Å². The molecule has 4 rings (SSSR count). The van der Waals surface area contributed by atoms with Gasteiger partial charge in [-0.1, -0.05) is 48.5 Å². The third-order valence-corrected chi connectivity index (χ3v) is 7.21. The van der Waals surface area contributed by atoms with Crippen molar-refractivity contribution >= 4 is 15.9 Å². The summed E-state index contributed by atoms with van der Waals surface area (Å²) in [7, 11) is -2.54. The van der Waals surface area contributed by atoms with Crippen LogP contribution >= 0.6 is 0 Å². The Hall–Kier alpha value is -4.26. The van der Waals surface area contributed by atoms with Crippen LogP contribution in [-0.4, -0.2) is 42.0 Å². The molecule has 1 amide bonds. The molecule has 35 heavy (non-hydrogen) atoms. The van der Waals surface area contributed by atoms with Gasteiger partial charge in [0.1, 0.15) is 0 Å². The first-order valence-corrected chi connectivity index (χ1v) is 12.2. The van der Waals surface area contributed by atoms with Crippen molar-refractivity contribution in [3.63, 3.8) is 0 Å². The van der Waals surface area contributed by atoms with Gasteiger partial charge in [-0.3, -0.25) is 4.79 Å². The lowest BCUT2D eigenvalue weighted by molar-refractivity contribution is -0.121. The van der Waals surface area contributed by atoms with Gasteiger partial charge in [0, 0.05) is 30.9 Å². The van der Waals surface area contributed by atoms with Gasteiger partial charge in [-0.25, -0.2) is 13.1 Å². The molecular weight excluding hydrogens is 462 g/mol. The van der Waals surface area contributed by atoms with Crippen LogP contribution in [0.1, 0.15) is 11.1 Å². The Labute approximate surface area is 204 Å². The van der Waals surface area contributed by atoms with Gasteiger partial charge < -0.3 is 5.32 Å². The molecule has 0 atom stereocenters. The molecule has 1 aromatic heterocycles. The maximum Gasteiger partial charge on any atom is 0.243 e. The van der Waals surface area contributed by atoms with Crippen LogP contribution in [0.4, 0.5) is 0 Å². The minimum atomic E-state index is -3.88. The number of benzene rings is 3. The maximum atomic E-state index is 12.8. The highest BCUT2D eigenvalue weighted by Crippen LogP contribution is 2.23. The number of hydrogen-bond acceptors (Lipinski definition) is 5. The topological polar surface area (TPSA) is 108 Å². The number of rotatable bonds is 8. The number of sulfonamides is 1. The maximum absolute atomic E-state index is 12.8. The van der Waals surface area contributed by atoms with Gasteiger partial charge in [0.05, 0.1) is 34.5 Å². The average Bonchev–Trinajstić information content (AvgIpc) is 3.33. The van der Waals surface area contributed by atoms with E-state index in [1.165, 1.54) is 31.3 Å². The van der Waals surface area contributed by atoms with Crippen LogP contribution in [0.5, 0.6) is 0 Å². The highest BCUT2D eigenvalue weighted by atomic mass is 32.2. The number of carbonyl (C=O) groups excluding carboxylic acids is 1. The summed E-state index contributed by atoms with van der Waals surface area (Å²) in [4.78, 5) is 12.7. The molecule has 4 aromatic rings. The number of carbonyl (C=O) groups is 1. The van der Waals surface area contributed by atoms with Crippen LogP contribution in [0.2, 0.25) is 0 Å². The molecular formula is C26H23N5O3S. The molecule has 176 valence electrons. The van der Waals surface area contributed by atoms with E-state index < -0.39 is 15.9 Å². The van der Waals surface area contributed by atoms with Crippen molar-refractivity contribution in [2.24, 2.45) is 0 Å². The number of nitrogens with one attached hydrogen (secondary N) is 1. The number of amides is 1. The second-order valence-corrected chi connectivity index (χ2v) is 9.87. The Morgan fingerprint density at radius 3 is 2.26 bits per heavy atom. The largest absolute Gasteiger partial charge is 0.351 e. The van der Waals surface area contributed by atoms with E-state index in [2.05, 4.69) is 5.32 Å². The van der Waals surface area contributed by atoms with Crippen LogP contribution in [0, 0.1) is 11.3 Å². The van der Waals surface area contributed by atoms with Gasteiger partial charge in [0.15, 0.2) is 0 Å². The first kappa shape index (κ1) is 23.9. The summed E-state index contributed by atoms with van der Waals surface area (Å²) in [6, 6.07) is 26.8. The molecule has 0 aliphatic rings. The SMILES string of the molecule is CN(CC(=O)NCc1cn(-c2ccccc2)nc1-c1ccccc1)S(=O)(=O)c1ccc(C#N)cc1. The zero-order valence-corrected chi connectivity index (χ0v) is 19.8. The van der Waals surface area contributed by atoms with Gasteiger partial charge in [-0.05, 0) is 36.4 Å². The Morgan fingerprint density at radius 1 is 1.00 bits per heavy atom. The van der Waals surface area contributed by atoms with Crippen LogP contribution < -0.4 is 5.32 Å². The molecule has 0 spiro atoms. The molecule has 0 aliphatic heterocycles. The second kappa shape index (κ2) is 10.3. The minimum Gasteiger partial charge on any atom is -0.351 e. The molecule has 8 nitrogen and oxygen atoms in total. The van der Waals surface area contributed by atoms with Gasteiger partial charge in [0.2, 0.25) is 15.9 Å². The number of nitriles is 1. The lowest BCUT2D eigenvalue weighted by Crippen LogP contribution is -2.38. The molecule has 0 saturated heterocycles. The predicted molar refractivity (Wildman–Crippen MR) is 132 cm³/mol. The molecule has 3 aromatic carbocycles. The summed E-state index contributed by atoms with van der Waals surface area (Å²) in [6.07, 6.45) is 1.86. The number of para-hydroxylation sites is 1. The van der Waals surface area contributed by atoms with Crippen molar-refractivity contribution in [2.45, 2.75) is 11.4 Å². The lowest BCUT2D eigenvalue weighted by atomic mass is 10.1. The normalized spacial score (nSPS) is 11.2. The zero-order valence-electron chi connectivity index (χ0n) is 19.0. The lowest BCUT2D eigenvalue weighted by Gasteiger charge is -2.17. The highest BCUT2D eigenvalue weighted by molar-refractivity contribution is 7.89. The Morgan fingerprint density at radius 2 is 1.63 bits per heavy atom. The van der Waals surface area contributed by atoms with E-state index in [0.717, 1.165) is 26.8 Å². The quantitative estimate of drug-likeness (QED) is 0.412. The van der Waals surface area contributed by atoms with Crippen LogP contribution in [-0.2, 0) is 21.4 Å². The van der Waals surface area contributed by atoms with Gasteiger partial charge in [-0.2, -0.15) is 14.7 Å². The summed E-state index contributed by atoms with van der Waals surface area (Å²) >= 11 is 0.